The summed E-state index contributed by atoms with van der Waals surface area (Å²) < 4.78 is 40.3. The fourth-order valence-corrected chi connectivity index (χ4v) is 3.77. The van der Waals surface area contributed by atoms with Crippen molar-refractivity contribution in [1.82, 2.24) is 9.80 Å². The number of benzene rings is 1. The lowest BCUT2D eigenvalue weighted by Crippen LogP contribution is -2.40. The van der Waals surface area contributed by atoms with Crippen LogP contribution in [0.25, 0.3) is 6.08 Å². The summed E-state index contributed by atoms with van der Waals surface area (Å²) in [5.74, 6) is -0.0188. The minimum Gasteiger partial charge on any atom is -0.530 e. The highest BCUT2D eigenvalue weighted by Crippen LogP contribution is 2.31. The van der Waals surface area contributed by atoms with Crippen LogP contribution in [0, 0.1) is 11.8 Å². The molecule has 0 N–H and O–H groups in total. The lowest BCUT2D eigenvalue weighted by molar-refractivity contribution is -0.274. The molecule has 0 radical (unpaired) electrons. The normalized spacial score (nSPS) is 22.8. The number of carbonyl (C=O) groups is 2. The molecule has 2 saturated heterocycles. The Bertz CT molecular complexity index is 733. The summed E-state index contributed by atoms with van der Waals surface area (Å²) in [7, 11) is 0. The number of hydrogen-bond acceptors (Lipinski definition) is 4. The van der Waals surface area contributed by atoms with Gasteiger partial charge in [-0.15, -0.1) is 13.2 Å². The number of carbonyl (C=O) groups excluding carboxylic acids is 2. The van der Waals surface area contributed by atoms with E-state index in [2.05, 4.69) is 4.74 Å². The number of carboxylic acid groups (broad SMARTS) is 1. The number of amides is 2. The van der Waals surface area contributed by atoms with E-state index in [9.17, 15) is 27.9 Å². The lowest BCUT2D eigenvalue weighted by atomic mass is 9.92. The van der Waals surface area contributed by atoms with Gasteiger partial charge in [0.2, 0.25) is 5.91 Å². The fourth-order valence-electron chi connectivity index (χ4n) is 3.77. The van der Waals surface area contributed by atoms with Crippen molar-refractivity contribution in [1.29, 1.82) is 0 Å². The van der Waals surface area contributed by atoms with Crippen LogP contribution >= 0.6 is 0 Å². The molecule has 28 heavy (non-hydrogen) atoms. The zero-order valence-corrected chi connectivity index (χ0v) is 15.0. The van der Waals surface area contributed by atoms with Crippen LogP contribution in [0.3, 0.4) is 0 Å². The van der Waals surface area contributed by atoms with E-state index in [1.165, 1.54) is 35.2 Å². The van der Waals surface area contributed by atoms with Crippen molar-refractivity contribution in [2.75, 3.05) is 26.2 Å². The number of likely N-dealkylation sites (tertiary alicyclic amines) is 2. The van der Waals surface area contributed by atoms with Gasteiger partial charge in [0.15, 0.2) is 0 Å². The fraction of sp³-hybridized carbons (Fsp3) is 0.474. The number of ether oxygens (including phenoxy) is 1. The van der Waals surface area contributed by atoms with Crippen molar-refractivity contribution in [2.45, 2.75) is 19.2 Å². The maximum atomic E-state index is 12.4. The molecular formula is C19H20F3N2O4-. The van der Waals surface area contributed by atoms with Gasteiger partial charge in [-0.05, 0) is 48.4 Å². The average molecular weight is 397 g/mol. The number of halogens is 3. The topological polar surface area (TPSA) is 72.9 Å². The molecule has 2 amide bonds. The monoisotopic (exact) mass is 397 g/mol. The van der Waals surface area contributed by atoms with Gasteiger partial charge in [0.05, 0.1) is 0 Å². The molecule has 0 spiro atoms. The zero-order chi connectivity index (χ0) is 20.3. The van der Waals surface area contributed by atoms with E-state index in [0.29, 0.717) is 31.7 Å². The molecule has 2 atom stereocenters. The van der Waals surface area contributed by atoms with E-state index in [1.807, 2.05) is 0 Å². The molecule has 1 aromatic rings. The summed E-state index contributed by atoms with van der Waals surface area (Å²) >= 11 is 0. The molecular weight excluding hydrogens is 377 g/mol. The molecule has 2 heterocycles. The number of rotatable bonds is 3. The van der Waals surface area contributed by atoms with Gasteiger partial charge in [0.25, 0.3) is 0 Å². The van der Waals surface area contributed by atoms with Crippen LogP contribution < -0.4 is 9.84 Å². The summed E-state index contributed by atoms with van der Waals surface area (Å²) in [6, 6.07) is 5.25. The van der Waals surface area contributed by atoms with Crippen LogP contribution in [0.4, 0.5) is 18.0 Å². The molecule has 3 rings (SSSR count). The maximum Gasteiger partial charge on any atom is 0.573 e. The predicted octanol–water partition coefficient (Wildman–Crippen LogP) is 2.11. The third kappa shape index (κ3) is 5.17. The van der Waals surface area contributed by atoms with Crippen LogP contribution in [-0.2, 0) is 4.79 Å². The van der Waals surface area contributed by atoms with Crippen molar-refractivity contribution >= 4 is 18.1 Å². The molecule has 6 nitrogen and oxygen atoms in total. The Morgan fingerprint density at radius 1 is 1.04 bits per heavy atom. The highest BCUT2D eigenvalue weighted by Gasteiger charge is 2.35. The molecule has 2 aliphatic heterocycles. The van der Waals surface area contributed by atoms with Crippen LogP contribution in [0.5, 0.6) is 5.75 Å². The highest BCUT2D eigenvalue weighted by molar-refractivity contribution is 5.91. The summed E-state index contributed by atoms with van der Waals surface area (Å²) in [6.45, 7) is 2.00. The Morgan fingerprint density at radius 3 is 2.11 bits per heavy atom. The third-order valence-corrected chi connectivity index (χ3v) is 5.22. The molecule has 2 aliphatic rings. The van der Waals surface area contributed by atoms with E-state index in [-0.39, 0.29) is 23.5 Å². The van der Waals surface area contributed by atoms with Gasteiger partial charge in [0.1, 0.15) is 11.8 Å². The standard InChI is InChI=1S/C19H21F3N2O4/c20-19(21,22)28-16-4-1-13(2-5-16)3-6-17(25)23-9-7-14-11-24(18(26)27)12-15(14)8-10-23/h1-6,14-15H,7-12H2,(H,26,27)/p-1/b6-3+/t14-,15+. The second kappa shape index (κ2) is 8.12. The van der Waals surface area contributed by atoms with Crippen molar-refractivity contribution in [3.8, 4) is 5.75 Å². The van der Waals surface area contributed by atoms with Crippen molar-refractivity contribution in [2.24, 2.45) is 11.8 Å². The zero-order valence-electron chi connectivity index (χ0n) is 15.0. The quantitative estimate of drug-likeness (QED) is 0.733. The first kappa shape index (κ1) is 20.0. The number of alkyl halides is 3. The van der Waals surface area contributed by atoms with Gasteiger partial charge >= 0.3 is 6.36 Å². The van der Waals surface area contributed by atoms with Gasteiger partial charge in [-0.2, -0.15) is 0 Å². The predicted molar refractivity (Wildman–Crippen MR) is 91.9 cm³/mol. The third-order valence-electron chi connectivity index (χ3n) is 5.22. The van der Waals surface area contributed by atoms with Crippen LogP contribution in [0.2, 0.25) is 0 Å². The Hall–Kier alpha value is -2.71. The Balaban J connectivity index is 1.53. The first-order valence-corrected chi connectivity index (χ1v) is 9.00. The van der Waals surface area contributed by atoms with Crippen molar-refractivity contribution in [3.05, 3.63) is 35.9 Å². The van der Waals surface area contributed by atoms with Gasteiger partial charge < -0.3 is 24.4 Å². The summed E-state index contributed by atoms with van der Waals surface area (Å²) in [6.07, 6.45) is -1.47. The van der Waals surface area contributed by atoms with E-state index >= 15 is 0 Å². The largest absolute Gasteiger partial charge is 0.573 e. The molecule has 0 saturated carbocycles. The first-order chi connectivity index (χ1) is 13.2. The smallest absolute Gasteiger partial charge is 0.530 e. The van der Waals surface area contributed by atoms with Gasteiger partial charge in [0, 0.05) is 32.3 Å². The Labute approximate surface area is 160 Å². The summed E-state index contributed by atoms with van der Waals surface area (Å²) in [5.41, 5.74) is 0.583. The van der Waals surface area contributed by atoms with Crippen molar-refractivity contribution < 1.29 is 32.6 Å². The second-order valence-corrected chi connectivity index (χ2v) is 7.04. The molecule has 0 aromatic heterocycles. The second-order valence-electron chi connectivity index (χ2n) is 7.04. The highest BCUT2D eigenvalue weighted by atomic mass is 19.4. The molecule has 9 heteroatoms. The minimum atomic E-state index is -4.74. The summed E-state index contributed by atoms with van der Waals surface area (Å²) in [5, 5.41) is 11.0. The van der Waals surface area contributed by atoms with E-state index in [0.717, 1.165) is 12.8 Å². The van der Waals surface area contributed by atoms with Gasteiger partial charge in [-0.3, -0.25) is 4.79 Å². The SMILES string of the molecule is O=C([O-])N1C[C@H]2CCN(C(=O)/C=C/c3ccc(OC(F)(F)F)cc3)CC[C@H]2C1. The Kier molecular flexibility index (Phi) is 5.81. The molecule has 1 aromatic carbocycles. The van der Waals surface area contributed by atoms with Crippen LogP contribution in [0.15, 0.2) is 30.3 Å². The average Bonchev–Trinajstić information content (AvgIpc) is 2.93. The van der Waals surface area contributed by atoms with Crippen LogP contribution in [-0.4, -0.2) is 54.3 Å². The molecule has 2 fully saturated rings. The van der Waals surface area contributed by atoms with Gasteiger partial charge in [-0.25, -0.2) is 0 Å². The van der Waals surface area contributed by atoms with E-state index in [4.69, 9.17) is 0 Å². The van der Waals surface area contributed by atoms with Crippen LogP contribution in [0.1, 0.15) is 18.4 Å². The van der Waals surface area contributed by atoms with Gasteiger partial charge in [-0.1, -0.05) is 12.1 Å². The molecule has 0 unspecified atom stereocenters. The molecule has 0 aliphatic carbocycles. The number of fused-ring (bicyclic) bond motifs is 1. The minimum absolute atomic E-state index is 0.174. The Morgan fingerprint density at radius 2 is 1.61 bits per heavy atom. The van der Waals surface area contributed by atoms with E-state index in [1.54, 1.807) is 11.0 Å². The molecule has 152 valence electrons. The summed E-state index contributed by atoms with van der Waals surface area (Å²) in [4.78, 5) is 26.5. The lowest BCUT2D eigenvalue weighted by Gasteiger charge is -2.22. The first-order valence-electron chi connectivity index (χ1n) is 9.00. The van der Waals surface area contributed by atoms with Crippen molar-refractivity contribution in [3.63, 3.8) is 0 Å². The number of nitrogens with zero attached hydrogens (tertiary/aromatic N) is 2. The number of hydrogen-bond donors (Lipinski definition) is 0. The molecule has 0 bridgehead atoms. The maximum absolute atomic E-state index is 12.4. The van der Waals surface area contributed by atoms with E-state index < -0.39 is 12.5 Å².